The van der Waals surface area contributed by atoms with Crippen molar-refractivity contribution >= 4 is 11.9 Å². The van der Waals surface area contributed by atoms with E-state index < -0.39 is 24.6 Å². The average Bonchev–Trinajstić information content (AvgIpc) is 2.09. The minimum Gasteiger partial charge on any atom is -0.457 e. The predicted octanol–water partition coefficient (Wildman–Crippen LogP) is 0.780. The molecule has 0 spiro atoms. The van der Waals surface area contributed by atoms with Gasteiger partial charge in [0.2, 0.25) is 0 Å². The van der Waals surface area contributed by atoms with Gasteiger partial charge in [-0.05, 0) is 6.42 Å². The Morgan fingerprint density at radius 1 is 1.43 bits per heavy atom. The number of hydrogen-bond donors (Lipinski definition) is 1. The lowest BCUT2D eigenvalue weighted by Crippen LogP contribution is -2.39. The van der Waals surface area contributed by atoms with Crippen LogP contribution in [0.3, 0.4) is 0 Å². The van der Waals surface area contributed by atoms with E-state index >= 15 is 0 Å². The predicted molar refractivity (Wildman–Crippen MR) is 39.7 cm³/mol. The van der Waals surface area contributed by atoms with Crippen LogP contribution in [0.25, 0.3) is 0 Å². The van der Waals surface area contributed by atoms with Crippen molar-refractivity contribution in [3.05, 3.63) is 6.61 Å². The van der Waals surface area contributed by atoms with Crippen LogP contribution in [0.2, 0.25) is 0 Å². The molecule has 0 heterocycles. The van der Waals surface area contributed by atoms with Crippen LogP contribution < -0.4 is 5.32 Å². The lowest BCUT2D eigenvalue weighted by Gasteiger charge is -2.06. The molecule has 0 fully saturated rings. The molecule has 0 aromatic carbocycles. The van der Waals surface area contributed by atoms with Crippen molar-refractivity contribution in [2.24, 2.45) is 0 Å². The number of amides is 1. The van der Waals surface area contributed by atoms with E-state index in [4.69, 9.17) is 0 Å². The van der Waals surface area contributed by atoms with Crippen LogP contribution in [-0.4, -0.2) is 24.6 Å². The Morgan fingerprint density at radius 3 is 2.43 bits per heavy atom. The third kappa shape index (κ3) is 5.39. The smallest absolute Gasteiger partial charge is 0.457 e. The second-order valence-electron chi connectivity index (χ2n) is 2.25. The van der Waals surface area contributed by atoms with Crippen molar-refractivity contribution < 1.29 is 27.5 Å². The Labute approximate surface area is 78.4 Å². The summed E-state index contributed by atoms with van der Waals surface area (Å²) in [4.78, 5) is 20.8. The Kier molecular flexibility index (Phi) is 4.96. The zero-order valence-electron chi connectivity index (χ0n) is 7.35. The van der Waals surface area contributed by atoms with E-state index in [1.165, 1.54) is 5.32 Å². The molecular weight excluding hydrogens is 203 g/mol. The van der Waals surface area contributed by atoms with Gasteiger partial charge in [0.15, 0.2) is 0 Å². The molecule has 0 aliphatic carbocycles. The molecule has 0 aromatic heterocycles. The van der Waals surface area contributed by atoms with E-state index in [0.717, 1.165) is 6.61 Å². The van der Waals surface area contributed by atoms with E-state index in [9.17, 15) is 22.8 Å². The molecule has 0 saturated heterocycles. The fourth-order valence-corrected chi connectivity index (χ4v) is 0.471. The number of halogens is 3. The van der Waals surface area contributed by atoms with Crippen LogP contribution in [-0.2, 0) is 14.3 Å². The van der Waals surface area contributed by atoms with Gasteiger partial charge in [0.25, 0.3) is 0 Å². The van der Waals surface area contributed by atoms with Crippen molar-refractivity contribution in [2.75, 3.05) is 6.54 Å². The third-order valence-corrected chi connectivity index (χ3v) is 1.03. The van der Waals surface area contributed by atoms with Crippen LogP contribution in [0.5, 0.6) is 0 Å². The monoisotopic (exact) mass is 212 g/mol. The van der Waals surface area contributed by atoms with Gasteiger partial charge in [0.05, 0.1) is 0 Å². The SMILES string of the molecule is CC[CH]OC(=O)CNC(=O)C(F)(F)F. The van der Waals surface area contributed by atoms with Crippen LogP contribution in [0.1, 0.15) is 13.3 Å². The minimum absolute atomic E-state index is 0.443. The van der Waals surface area contributed by atoms with Gasteiger partial charge >= 0.3 is 18.1 Å². The number of rotatable bonds is 4. The molecule has 1 amide bonds. The first-order chi connectivity index (χ1) is 6.38. The molecule has 0 saturated carbocycles. The standard InChI is InChI=1S/C7H9F3NO3/c1-2-3-14-5(12)4-11-6(13)7(8,9)10/h3H,2,4H2,1H3,(H,11,13). The second-order valence-corrected chi connectivity index (χ2v) is 2.25. The van der Waals surface area contributed by atoms with Crippen molar-refractivity contribution in [1.82, 2.24) is 5.32 Å². The fourth-order valence-electron chi connectivity index (χ4n) is 0.471. The van der Waals surface area contributed by atoms with Gasteiger partial charge in [-0.1, -0.05) is 6.92 Å². The molecular formula is C7H9F3NO3. The number of ether oxygens (including phenoxy) is 1. The molecule has 0 atom stereocenters. The van der Waals surface area contributed by atoms with Gasteiger partial charge < -0.3 is 10.1 Å². The highest BCUT2D eigenvalue weighted by molar-refractivity contribution is 5.85. The molecule has 1 N–H and O–H groups in total. The van der Waals surface area contributed by atoms with Gasteiger partial charge in [-0.2, -0.15) is 13.2 Å². The summed E-state index contributed by atoms with van der Waals surface area (Å²) in [6.07, 6.45) is -4.53. The van der Waals surface area contributed by atoms with Crippen LogP contribution >= 0.6 is 0 Å². The first-order valence-electron chi connectivity index (χ1n) is 3.74. The lowest BCUT2D eigenvalue weighted by atomic mass is 10.5. The lowest BCUT2D eigenvalue weighted by molar-refractivity contribution is -0.174. The molecule has 4 nitrogen and oxygen atoms in total. The highest BCUT2D eigenvalue weighted by Gasteiger charge is 2.38. The molecule has 81 valence electrons. The summed E-state index contributed by atoms with van der Waals surface area (Å²) in [5, 5.41) is 1.37. The quantitative estimate of drug-likeness (QED) is 0.700. The highest BCUT2D eigenvalue weighted by Crippen LogP contribution is 2.13. The summed E-state index contributed by atoms with van der Waals surface area (Å²) < 4.78 is 39.0. The first-order valence-corrected chi connectivity index (χ1v) is 3.74. The van der Waals surface area contributed by atoms with E-state index in [2.05, 4.69) is 4.74 Å². The summed E-state index contributed by atoms with van der Waals surface area (Å²) in [5.74, 6) is -3.10. The normalized spacial score (nSPS) is 10.9. The van der Waals surface area contributed by atoms with Gasteiger partial charge in [-0.3, -0.25) is 9.59 Å². The summed E-state index contributed by atoms with van der Waals surface area (Å²) in [6.45, 7) is 2.01. The summed E-state index contributed by atoms with van der Waals surface area (Å²) in [5.41, 5.74) is 0. The van der Waals surface area contributed by atoms with Gasteiger partial charge in [-0.25, -0.2) is 0 Å². The zero-order valence-corrected chi connectivity index (χ0v) is 7.35. The Hall–Kier alpha value is -1.27. The largest absolute Gasteiger partial charge is 0.471 e. The number of carbonyl (C=O) groups excluding carboxylic acids is 2. The van der Waals surface area contributed by atoms with E-state index in [0.29, 0.717) is 6.42 Å². The molecule has 0 bridgehead atoms. The van der Waals surface area contributed by atoms with E-state index in [-0.39, 0.29) is 0 Å². The van der Waals surface area contributed by atoms with Crippen molar-refractivity contribution in [3.63, 3.8) is 0 Å². The zero-order chi connectivity index (χ0) is 11.2. The van der Waals surface area contributed by atoms with Crippen molar-refractivity contribution in [3.8, 4) is 0 Å². The summed E-state index contributed by atoms with van der Waals surface area (Å²) >= 11 is 0. The summed E-state index contributed by atoms with van der Waals surface area (Å²) in [7, 11) is 0. The maximum absolute atomic E-state index is 11.6. The first kappa shape index (κ1) is 12.7. The topological polar surface area (TPSA) is 55.4 Å². The Morgan fingerprint density at radius 2 is 2.00 bits per heavy atom. The van der Waals surface area contributed by atoms with Crippen molar-refractivity contribution in [1.29, 1.82) is 0 Å². The average molecular weight is 212 g/mol. The number of hydrogen-bond acceptors (Lipinski definition) is 3. The van der Waals surface area contributed by atoms with Crippen molar-refractivity contribution in [2.45, 2.75) is 19.5 Å². The fraction of sp³-hybridized carbons (Fsp3) is 0.571. The van der Waals surface area contributed by atoms with Crippen LogP contribution in [0.15, 0.2) is 0 Å². The second kappa shape index (κ2) is 5.46. The number of nitrogens with one attached hydrogen (secondary N) is 1. The number of carbonyl (C=O) groups is 2. The maximum Gasteiger partial charge on any atom is 0.471 e. The van der Waals surface area contributed by atoms with Gasteiger partial charge in [0.1, 0.15) is 13.2 Å². The summed E-state index contributed by atoms with van der Waals surface area (Å²) in [6, 6.07) is 0. The molecule has 0 aromatic rings. The van der Waals surface area contributed by atoms with Crippen LogP contribution in [0.4, 0.5) is 13.2 Å². The van der Waals surface area contributed by atoms with Gasteiger partial charge in [0, 0.05) is 0 Å². The number of esters is 1. The minimum atomic E-state index is -4.98. The Balaban J connectivity index is 3.73. The molecule has 0 aliphatic rings. The molecule has 14 heavy (non-hydrogen) atoms. The Bertz CT molecular complexity index is 215. The number of alkyl halides is 3. The third-order valence-electron chi connectivity index (χ3n) is 1.03. The van der Waals surface area contributed by atoms with E-state index in [1.807, 2.05) is 0 Å². The highest BCUT2D eigenvalue weighted by atomic mass is 19.4. The molecule has 0 aliphatic heterocycles. The van der Waals surface area contributed by atoms with Crippen LogP contribution in [0, 0.1) is 6.61 Å². The molecule has 1 radical (unpaired) electrons. The maximum atomic E-state index is 11.6. The molecule has 0 rings (SSSR count). The molecule has 0 unspecified atom stereocenters. The van der Waals surface area contributed by atoms with Gasteiger partial charge in [-0.15, -0.1) is 0 Å². The molecule has 7 heteroatoms. The van der Waals surface area contributed by atoms with E-state index in [1.54, 1.807) is 6.92 Å².